The van der Waals surface area contributed by atoms with Crippen LogP contribution in [0.4, 0.5) is 0 Å². The summed E-state index contributed by atoms with van der Waals surface area (Å²) in [4.78, 5) is 4.66. The van der Waals surface area contributed by atoms with E-state index in [1.54, 1.807) is 14.2 Å². The average molecular weight is 263 g/mol. The maximum atomic E-state index is 5.66. The highest BCUT2D eigenvalue weighted by Crippen LogP contribution is 2.33. The summed E-state index contributed by atoms with van der Waals surface area (Å²) in [5.41, 5.74) is 7.62. The number of imidazole rings is 1. The van der Waals surface area contributed by atoms with E-state index in [0.717, 1.165) is 29.0 Å². The normalized spacial score (nSPS) is 11.3. The summed E-state index contributed by atoms with van der Waals surface area (Å²) in [6.45, 7) is 4.86. The Bertz CT molecular complexity index is 576. The van der Waals surface area contributed by atoms with E-state index < -0.39 is 0 Å². The monoisotopic (exact) mass is 263 g/mol. The third-order valence-corrected chi connectivity index (χ3v) is 3.15. The van der Waals surface area contributed by atoms with Gasteiger partial charge in [-0.15, -0.1) is 0 Å². The van der Waals surface area contributed by atoms with Gasteiger partial charge in [0.25, 0.3) is 0 Å². The average Bonchev–Trinajstić information content (AvgIpc) is 2.74. The molecule has 5 heteroatoms. The Labute approximate surface area is 113 Å². The molecule has 0 unspecified atom stereocenters. The van der Waals surface area contributed by atoms with Gasteiger partial charge in [0.05, 0.1) is 25.3 Å². The van der Waals surface area contributed by atoms with Crippen molar-refractivity contribution in [1.29, 1.82) is 0 Å². The Balaban J connectivity index is 2.69. The largest absolute Gasteiger partial charge is 0.493 e. The van der Waals surface area contributed by atoms with Crippen molar-refractivity contribution in [2.24, 2.45) is 5.73 Å². The lowest BCUT2D eigenvalue weighted by atomic mass is 10.2. The number of fused-ring (bicyclic) bond motifs is 1. The van der Waals surface area contributed by atoms with E-state index in [2.05, 4.69) is 23.4 Å². The van der Waals surface area contributed by atoms with Gasteiger partial charge in [0.2, 0.25) is 0 Å². The van der Waals surface area contributed by atoms with Crippen molar-refractivity contribution in [3.05, 3.63) is 18.0 Å². The highest BCUT2D eigenvalue weighted by atomic mass is 16.5. The summed E-state index contributed by atoms with van der Waals surface area (Å²) >= 11 is 0. The number of hydrogen-bond acceptors (Lipinski definition) is 4. The smallest absolute Gasteiger partial charge is 0.163 e. The van der Waals surface area contributed by atoms with Gasteiger partial charge < -0.3 is 19.8 Å². The summed E-state index contributed by atoms with van der Waals surface area (Å²) in [6.07, 6.45) is 0.761. The number of rotatable bonds is 5. The summed E-state index contributed by atoms with van der Waals surface area (Å²) in [7, 11) is 3.27. The van der Waals surface area contributed by atoms with Crippen molar-refractivity contribution >= 4 is 11.0 Å². The number of nitrogens with zero attached hydrogens (tertiary/aromatic N) is 2. The van der Waals surface area contributed by atoms with Crippen LogP contribution in [0.3, 0.4) is 0 Å². The second-order valence-corrected chi connectivity index (χ2v) is 4.73. The molecule has 2 rings (SSSR count). The van der Waals surface area contributed by atoms with E-state index in [4.69, 9.17) is 15.2 Å². The zero-order valence-corrected chi connectivity index (χ0v) is 11.9. The highest BCUT2D eigenvalue weighted by Gasteiger charge is 2.16. The quantitative estimate of drug-likeness (QED) is 0.897. The van der Waals surface area contributed by atoms with Gasteiger partial charge in [0.1, 0.15) is 5.82 Å². The molecular weight excluding hydrogens is 242 g/mol. The number of methoxy groups -OCH3 is 2. The van der Waals surface area contributed by atoms with Crippen LogP contribution in [0.5, 0.6) is 11.5 Å². The first-order valence-corrected chi connectivity index (χ1v) is 6.45. The lowest BCUT2D eigenvalue weighted by Gasteiger charge is -2.13. The Morgan fingerprint density at radius 1 is 1.21 bits per heavy atom. The molecule has 2 aromatic rings. The van der Waals surface area contributed by atoms with Crippen molar-refractivity contribution in [1.82, 2.24) is 9.55 Å². The molecule has 1 heterocycles. The van der Waals surface area contributed by atoms with Crippen molar-refractivity contribution in [3.8, 4) is 11.5 Å². The van der Waals surface area contributed by atoms with Crippen LogP contribution in [0.2, 0.25) is 0 Å². The minimum absolute atomic E-state index is 0.324. The van der Waals surface area contributed by atoms with Gasteiger partial charge >= 0.3 is 0 Å². The topological polar surface area (TPSA) is 62.3 Å². The molecule has 0 atom stereocenters. The van der Waals surface area contributed by atoms with Crippen LogP contribution >= 0.6 is 0 Å². The molecule has 0 fully saturated rings. The van der Waals surface area contributed by atoms with Crippen LogP contribution in [0.1, 0.15) is 25.7 Å². The Kier molecular flexibility index (Phi) is 3.95. The first kappa shape index (κ1) is 13.7. The third-order valence-electron chi connectivity index (χ3n) is 3.15. The Hall–Kier alpha value is -1.75. The fourth-order valence-electron chi connectivity index (χ4n) is 2.35. The maximum Gasteiger partial charge on any atom is 0.163 e. The van der Waals surface area contributed by atoms with Gasteiger partial charge in [-0.25, -0.2) is 4.98 Å². The molecular formula is C14H21N3O2. The van der Waals surface area contributed by atoms with Crippen molar-refractivity contribution in [3.63, 3.8) is 0 Å². The zero-order chi connectivity index (χ0) is 14.0. The van der Waals surface area contributed by atoms with E-state index >= 15 is 0 Å². The zero-order valence-electron chi connectivity index (χ0n) is 11.9. The number of nitrogens with two attached hydrogens (primary N) is 1. The van der Waals surface area contributed by atoms with Gasteiger partial charge in [-0.2, -0.15) is 0 Å². The minimum Gasteiger partial charge on any atom is -0.493 e. The lowest BCUT2D eigenvalue weighted by molar-refractivity contribution is 0.355. The second-order valence-electron chi connectivity index (χ2n) is 4.73. The SMILES string of the molecule is COc1cc2nc(CCN)n(C(C)C)c2cc1OC. The van der Waals surface area contributed by atoms with Crippen LogP contribution in [0.25, 0.3) is 11.0 Å². The summed E-state index contributed by atoms with van der Waals surface area (Å²) < 4.78 is 12.9. The van der Waals surface area contributed by atoms with E-state index in [1.165, 1.54) is 0 Å². The molecule has 0 amide bonds. The number of hydrogen-bond donors (Lipinski definition) is 1. The van der Waals surface area contributed by atoms with Crippen LogP contribution in [0.15, 0.2) is 12.1 Å². The molecule has 1 aromatic carbocycles. The van der Waals surface area contributed by atoms with E-state index in [0.29, 0.717) is 18.3 Å². The fourth-order valence-corrected chi connectivity index (χ4v) is 2.35. The fraction of sp³-hybridized carbons (Fsp3) is 0.500. The van der Waals surface area contributed by atoms with Crippen molar-refractivity contribution in [2.75, 3.05) is 20.8 Å². The van der Waals surface area contributed by atoms with Gasteiger partial charge in [-0.3, -0.25) is 0 Å². The molecule has 19 heavy (non-hydrogen) atoms. The third kappa shape index (κ3) is 2.38. The minimum atomic E-state index is 0.324. The Morgan fingerprint density at radius 2 is 1.84 bits per heavy atom. The highest BCUT2D eigenvalue weighted by molar-refractivity contribution is 5.80. The van der Waals surface area contributed by atoms with Crippen molar-refractivity contribution < 1.29 is 9.47 Å². The summed E-state index contributed by atoms with van der Waals surface area (Å²) in [5.74, 6) is 2.42. The number of aromatic nitrogens is 2. The molecule has 0 saturated heterocycles. The molecule has 0 aliphatic heterocycles. The molecule has 2 N–H and O–H groups in total. The van der Waals surface area contributed by atoms with Gasteiger partial charge in [0.15, 0.2) is 11.5 Å². The first-order valence-electron chi connectivity index (χ1n) is 6.45. The standard InChI is InChI=1S/C14H21N3O2/c1-9(2)17-11-8-13(19-4)12(18-3)7-10(11)16-14(17)5-6-15/h7-9H,5-6,15H2,1-4H3. The lowest BCUT2D eigenvalue weighted by Crippen LogP contribution is -2.11. The maximum absolute atomic E-state index is 5.66. The molecule has 0 bridgehead atoms. The molecule has 0 aliphatic rings. The van der Waals surface area contributed by atoms with Crippen molar-refractivity contribution in [2.45, 2.75) is 26.3 Å². The molecule has 5 nitrogen and oxygen atoms in total. The van der Waals surface area contributed by atoms with E-state index in [-0.39, 0.29) is 0 Å². The van der Waals surface area contributed by atoms with Crippen LogP contribution in [0, 0.1) is 0 Å². The summed E-state index contributed by atoms with van der Waals surface area (Å²) in [6, 6.07) is 4.21. The van der Waals surface area contributed by atoms with Crippen LogP contribution < -0.4 is 15.2 Å². The molecule has 0 spiro atoms. The van der Waals surface area contributed by atoms with E-state index in [9.17, 15) is 0 Å². The first-order chi connectivity index (χ1) is 9.12. The second kappa shape index (κ2) is 5.48. The number of ether oxygens (including phenoxy) is 2. The molecule has 0 radical (unpaired) electrons. The van der Waals surface area contributed by atoms with E-state index in [1.807, 2.05) is 12.1 Å². The van der Waals surface area contributed by atoms with Gasteiger partial charge in [-0.1, -0.05) is 0 Å². The van der Waals surface area contributed by atoms with Crippen LogP contribution in [-0.4, -0.2) is 30.3 Å². The molecule has 1 aromatic heterocycles. The Morgan fingerprint density at radius 3 is 2.37 bits per heavy atom. The predicted molar refractivity (Wildman–Crippen MR) is 76.0 cm³/mol. The predicted octanol–water partition coefficient (Wildman–Crippen LogP) is 2.14. The molecule has 0 saturated carbocycles. The van der Waals surface area contributed by atoms with Gasteiger partial charge in [0, 0.05) is 24.6 Å². The number of benzene rings is 1. The van der Waals surface area contributed by atoms with Crippen LogP contribution in [-0.2, 0) is 6.42 Å². The van der Waals surface area contributed by atoms with Gasteiger partial charge in [-0.05, 0) is 20.4 Å². The summed E-state index contributed by atoms with van der Waals surface area (Å²) in [5, 5.41) is 0. The molecule has 0 aliphatic carbocycles. The molecule has 104 valence electrons.